The monoisotopic (exact) mass is 320 g/mol. The van der Waals surface area contributed by atoms with Crippen LogP contribution in [0.5, 0.6) is 0 Å². The second-order valence-corrected chi connectivity index (χ2v) is 6.33. The van der Waals surface area contributed by atoms with E-state index in [1.54, 1.807) is 12.1 Å². The van der Waals surface area contributed by atoms with E-state index in [1.165, 1.54) is 6.07 Å². The molecule has 128 valence electrons. The van der Waals surface area contributed by atoms with Crippen molar-refractivity contribution < 1.29 is 4.39 Å². The summed E-state index contributed by atoms with van der Waals surface area (Å²) in [5.41, 5.74) is 0.624. The highest BCUT2D eigenvalue weighted by atomic mass is 19.1. The lowest BCUT2D eigenvalue weighted by molar-refractivity contribution is 0.167. The fourth-order valence-corrected chi connectivity index (χ4v) is 2.86. The van der Waals surface area contributed by atoms with E-state index in [4.69, 9.17) is 0 Å². The second kappa shape index (κ2) is 8.87. The van der Waals surface area contributed by atoms with E-state index < -0.39 is 0 Å². The van der Waals surface area contributed by atoms with Crippen molar-refractivity contribution >= 4 is 5.96 Å². The van der Waals surface area contributed by atoms with Gasteiger partial charge in [0.25, 0.3) is 0 Å². The summed E-state index contributed by atoms with van der Waals surface area (Å²) in [6.45, 7) is 9.91. The lowest BCUT2D eigenvalue weighted by atomic mass is 10.0. The number of nitrogens with one attached hydrogen (secondary N) is 2. The Morgan fingerprint density at radius 2 is 2.00 bits per heavy atom. The smallest absolute Gasteiger partial charge is 0.191 e. The predicted octanol–water partition coefficient (Wildman–Crippen LogP) is 2.75. The Balaban J connectivity index is 1.91. The van der Waals surface area contributed by atoms with Gasteiger partial charge in [0, 0.05) is 37.3 Å². The van der Waals surface area contributed by atoms with Crippen molar-refractivity contribution in [2.75, 3.05) is 19.6 Å². The molecular weight excluding hydrogens is 291 g/mol. The summed E-state index contributed by atoms with van der Waals surface area (Å²) in [6.07, 6.45) is 2.23. The van der Waals surface area contributed by atoms with Gasteiger partial charge in [-0.05, 0) is 39.7 Å². The van der Waals surface area contributed by atoms with Crippen molar-refractivity contribution in [2.24, 2.45) is 4.99 Å². The van der Waals surface area contributed by atoms with Gasteiger partial charge in [-0.25, -0.2) is 9.38 Å². The largest absolute Gasteiger partial charge is 0.357 e. The Morgan fingerprint density at radius 3 is 2.61 bits per heavy atom. The van der Waals surface area contributed by atoms with Crippen LogP contribution in [0.1, 0.15) is 39.2 Å². The first-order valence-electron chi connectivity index (χ1n) is 8.62. The molecule has 0 saturated carbocycles. The number of hydrogen-bond acceptors (Lipinski definition) is 2. The first-order valence-corrected chi connectivity index (χ1v) is 8.62. The highest BCUT2D eigenvalue weighted by Crippen LogP contribution is 2.13. The molecule has 0 bridgehead atoms. The number of hydrogen-bond donors (Lipinski definition) is 2. The molecule has 1 heterocycles. The van der Waals surface area contributed by atoms with Gasteiger partial charge in [-0.15, -0.1) is 0 Å². The van der Waals surface area contributed by atoms with E-state index in [1.807, 2.05) is 13.0 Å². The van der Waals surface area contributed by atoms with Gasteiger partial charge in [-0.1, -0.05) is 18.2 Å². The number of aliphatic imine (C=N–C) groups is 1. The molecule has 0 aromatic heterocycles. The Hall–Kier alpha value is -1.62. The Bertz CT molecular complexity index is 507. The highest BCUT2D eigenvalue weighted by Gasteiger charge is 2.21. The lowest BCUT2D eigenvalue weighted by Crippen LogP contribution is -2.49. The summed E-state index contributed by atoms with van der Waals surface area (Å²) in [5.74, 6) is 0.580. The van der Waals surface area contributed by atoms with Gasteiger partial charge >= 0.3 is 0 Å². The quantitative estimate of drug-likeness (QED) is 0.647. The van der Waals surface area contributed by atoms with Crippen molar-refractivity contribution in [1.29, 1.82) is 0 Å². The van der Waals surface area contributed by atoms with E-state index in [0.717, 1.165) is 38.4 Å². The summed E-state index contributed by atoms with van der Waals surface area (Å²) in [5, 5.41) is 6.75. The van der Waals surface area contributed by atoms with Gasteiger partial charge in [0.2, 0.25) is 0 Å². The molecule has 2 N–H and O–H groups in total. The Kier molecular flexibility index (Phi) is 6.84. The van der Waals surface area contributed by atoms with Crippen molar-refractivity contribution in [1.82, 2.24) is 15.5 Å². The van der Waals surface area contributed by atoms with Crippen LogP contribution in [0, 0.1) is 5.82 Å². The molecule has 0 amide bonds. The molecule has 0 atom stereocenters. The van der Waals surface area contributed by atoms with Crippen LogP contribution in [0.25, 0.3) is 0 Å². The number of halogens is 1. The van der Waals surface area contributed by atoms with Gasteiger partial charge in [-0.3, -0.25) is 0 Å². The minimum Gasteiger partial charge on any atom is -0.357 e. The average molecular weight is 320 g/mol. The van der Waals surface area contributed by atoms with Gasteiger partial charge < -0.3 is 15.5 Å². The molecule has 1 aliphatic rings. The molecule has 1 saturated heterocycles. The number of nitrogens with zero attached hydrogens (tertiary/aromatic N) is 2. The zero-order valence-electron chi connectivity index (χ0n) is 14.5. The van der Waals surface area contributed by atoms with Gasteiger partial charge in [0.05, 0.1) is 6.54 Å². The molecule has 5 heteroatoms. The first kappa shape index (κ1) is 17.7. The molecule has 0 spiro atoms. The molecule has 4 nitrogen and oxygen atoms in total. The lowest BCUT2D eigenvalue weighted by Gasteiger charge is -2.35. The van der Waals surface area contributed by atoms with Crippen LogP contribution in [-0.2, 0) is 6.54 Å². The topological polar surface area (TPSA) is 39.7 Å². The van der Waals surface area contributed by atoms with Crippen molar-refractivity contribution in [3.8, 4) is 0 Å². The fraction of sp³-hybridized carbons (Fsp3) is 0.611. The molecule has 0 unspecified atom stereocenters. The number of piperidine rings is 1. The van der Waals surface area contributed by atoms with Crippen LogP contribution < -0.4 is 10.6 Å². The van der Waals surface area contributed by atoms with E-state index in [2.05, 4.69) is 34.4 Å². The van der Waals surface area contributed by atoms with Crippen LogP contribution in [0.15, 0.2) is 29.3 Å². The summed E-state index contributed by atoms with van der Waals surface area (Å²) in [6, 6.07) is 7.85. The molecule has 23 heavy (non-hydrogen) atoms. The van der Waals surface area contributed by atoms with Crippen LogP contribution in [0.3, 0.4) is 0 Å². The van der Waals surface area contributed by atoms with Gasteiger partial charge in [0.15, 0.2) is 5.96 Å². The molecule has 0 radical (unpaired) electrons. The number of likely N-dealkylation sites (tertiary alicyclic amines) is 1. The van der Waals surface area contributed by atoms with E-state index in [9.17, 15) is 4.39 Å². The van der Waals surface area contributed by atoms with Crippen molar-refractivity contribution in [3.63, 3.8) is 0 Å². The molecule has 1 aromatic carbocycles. The molecule has 1 aromatic rings. The summed E-state index contributed by atoms with van der Waals surface area (Å²) in [4.78, 5) is 7.04. The average Bonchev–Trinajstić information content (AvgIpc) is 2.54. The zero-order chi connectivity index (χ0) is 16.7. The minimum absolute atomic E-state index is 0.197. The maximum absolute atomic E-state index is 13.7. The summed E-state index contributed by atoms with van der Waals surface area (Å²) >= 11 is 0. The summed E-state index contributed by atoms with van der Waals surface area (Å²) < 4.78 is 13.7. The minimum atomic E-state index is -0.197. The van der Waals surface area contributed by atoms with Crippen LogP contribution >= 0.6 is 0 Å². The third-order valence-electron chi connectivity index (χ3n) is 4.31. The van der Waals surface area contributed by atoms with Crippen LogP contribution in [0.4, 0.5) is 4.39 Å². The maximum Gasteiger partial charge on any atom is 0.191 e. The molecule has 1 aliphatic heterocycles. The van der Waals surface area contributed by atoms with E-state index in [0.29, 0.717) is 24.2 Å². The Labute approximate surface area is 139 Å². The zero-order valence-corrected chi connectivity index (χ0v) is 14.5. The highest BCUT2D eigenvalue weighted by molar-refractivity contribution is 5.80. The fourth-order valence-electron chi connectivity index (χ4n) is 2.86. The maximum atomic E-state index is 13.7. The molecule has 0 aliphatic carbocycles. The molecular formula is C18H29FN4. The number of benzene rings is 1. The predicted molar refractivity (Wildman–Crippen MR) is 94.1 cm³/mol. The summed E-state index contributed by atoms with van der Waals surface area (Å²) in [7, 11) is 0. The molecule has 2 rings (SSSR count). The van der Waals surface area contributed by atoms with Gasteiger partial charge in [-0.2, -0.15) is 0 Å². The number of guanidine groups is 1. The number of rotatable bonds is 5. The van der Waals surface area contributed by atoms with Crippen LogP contribution in [0.2, 0.25) is 0 Å². The standard InChI is InChI=1S/C18H29FN4/c1-4-20-18(21-13-15-7-5-6-8-17(15)19)22-16-9-11-23(12-10-16)14(2)3/h5-8,14,16H,4,9-13H2,1-3H3,(H2,20,21,22). The van der Waals surface area contributed by atoms with Gasteiger partial charge in [0.1, 0.15) is 5.82 Å². The van der Waals surface area contributed by atoms with Crippen LogP contribution in [-0.4, -0.2) is 42.6 Å². The first-order chi connectivity index (χ1) is 11.1. The third kappa shape index (κ3) is 5.50. The second-order valence-electron chi connectivity index (χ2n) is 6.33. The normalized spacial score (nSPS) is 17.5. The van der Waals surface area contributed by atoms with Crippen molar-refractivity contribution in [2.45, 2.75) is 52.2 Å². The SMILES string of the molecule is CCNC(=NCc1ccccc1F)NC1CCN(C(C)C)CC1. The van der Waals surface area contributed by atoms with E-state index in [-0.39, 0.29) is 5.82 Å². The molecule has 1 fully saturated rings. The third-order valence-corrected chi connectivity index (χ3v) is 4.31. The van der Waals surface area contributed by atoms with E-state index >= 15 is 0 Å². The van der Waals surface area contributed by atoms with Crippen molar-refractivity contribution in [3.05, 3.63) is 35.6 Å². The Morgan fingerprint density at radius 1 is 1.30 bits per heavy atom.